The van der Waals surface area contributed by atoms with E-state index in [2.05, 4.69) is 14.6 Å². The Labute approximate surface area is 176 Å². The lowest BCUT2D eigenvalue weighted by Crippen LogP contribution is -2.25. The van der Waals surface area contributed by atoms with Crippen LogP contribution in [0, 0.1) is 10.1 Å². The Hall–Kier alpha value is -3.42. The number of rotatable bonds is 8. The van der Waals surface area contributed by atoms with Gasteiger partial charge in [-0.15, -0.1) is 5.48 Å². The van der Waals surface area contributed by atoms with E-state index in [1.54, 1.807) is 0 Å². The van der Waals surface area contributed by atoms with Gasteiger partial charge in [-0.25, -0.2) is 4.79 Å². The molecular formula is C17H12ClF3N2O8. The first-order valence-corrected chi connectivity index (χ1v) is 8.41. The third-order valence-corrected chi connectivity index (χ3v) is 3.79. The molecule has 0 amide bonds. The van der Waals surface area contributed by atoms with Gasteiger partial charge in [0.1, 0.15) is 23.6 Å². The molecule has 0 heterocycles. The highest BCUT2D eigenvalue weighted by Crippen LogP contribution is 2.37. The van der Waals surface area contributed by atoms with Crippen LogP contribution < -0.4 is 10.2 Å². The van der Waals surface area contributed by atoms with Crippen LogP contribution in [0.25, 0.3) is 0 Å². The molecule has 2 rings (SSSR count). The summed E-state index contributed by atoms with van der Waals surface area (Å²) in [6.07, 6.45) is -4.62. The lowest BCUT2D eigenvalue weighted by Gasteiger charge is -2.12. The van der Waals surface area contributed by atoms with Crippen molar-refractivity contribution in [1.29, 1.82) is 0 Å². The van der Waals surface area contributed by atoms with Crippen molar-refractivity contribution in [2.75, 3.05) is 13.7 Å². The molecule has 14 heteroatoms. The summed E-state index contributed by atoms with van der Waals surface area (Å²) in [6.45, 7) is -0.485. The fourth-order valence-electron chi connectivity index (χ4n) is 2.06. The van der Waals surface area contributed by atoms with Gasteiger partial charge in [-0.05, 0) is 24.3 Å². The van der Waals surface area contributed by atoms with E-state index >= 15 is 0 Å². The van der Waals surface area contributed by atoms with E-state index in [9.17, 15) is 32.9 Å². The SMILES string of the molecule is COC(=O)CNOOC(=O)c1cc(Oc2ccc(C(F)(F)F)cc2Cl)ccc1[N+](=O)[O-]. The summed E-state index contributed by atoms with van der Waals surface area (Å²) in [4.78, 5) is 41.9. The summed E-state index contributed by atoms with van der Waals surface area (Å²) in [5.41, 5.74) is -0.348. The van der Waals surface area contributed by atoms with Crippen molar-refractivity contribution in [3.05, 3.63) is 62.7 Å². The van der Waals surface area contributed by atoms with Crippen LogP contribution in [0.2, 0.25) is 5.02 Å². The van der Waals surface area contributed by atoms with Crippen LogP contribution in [-0.4, -0.2) is 30.5 Å². The molecule has 10 nitrogen and oxygen atoms in total. The summed E-state index contributed by atoms with van der Waals surface area (Å²) in [6, 6.07) is 5.22. The molecule has 0 bridgehead atoms. The first kappa shape index (κ1) is 23.9. The molecule has 0 fully saturated rings. The van der Waals surface area contributed by atoms with E-state index in [-0.39, 0.29) is 16.5 Å². The number of carbonyl (C=O) groups excluding carboxylic acids is 2. The van der Waals surface area contributed by atoms with Gasteiger partial charge in [-0.3, -0.25) is 19.8 Å². The summed E-state index contributed by atoms with van der Waals surface area (Å²) in [5, 5.41) is 10.8. The van der Waals surface area contributed by atoms with E-state index in [1.807, 2.05) is 5.48 Å². The van der Waals surface area contributed by atoms with Crippen molar-refractivity contribution in [2.45, 2.75) is 6.18 Å². The number of nitro benzene ring substituents is 1. The minimum atomic E-state index is -4.62. The summed E-state index contributed by atoms with van der Waals surface area (Å²) in [7, 11) is 1.10. The molecule has 0 radical (unpaired) electrons. The van der Waals surface area contributed by atoms with Gasteiger partial charge < -0.3 is 9.47 Å². The molecule has 0 unspecified atom stereocenters. The highest BCUT2D eigenvalue weighted by molar-refractivity contribution is 6.32. The molecule has 0 aromatic heterocycles. The number of carbonyl (C=O) groups is 2. The molecular weight excluding hydrogens is 453 g/mol. The molecule has 0 aliphatic rings. The zero-order valence-corrected chi connectivity index (χ0v) is 16.2. The Balaban J connectivity index is 2.20. The molecule has 1 N–H and O–H groups in total. The first-order valence-electron chi connectivity index (χ1n) is 8.03. The van der Waals surface area contributed by atoms with Gasteiger partial charge in [0, 0.05) is 12.1 Å². The van der Waals surface area contributed by atoms with E-state index < -0.39 is 46.4 Å². The molecule has 0 atom stereocenters. The van der Waals surface area contributed by atoms with E-state index in [1.165, 1.54) is 0 Å². The minimum Gasteiger partial charge on any atom is -0.468 e. The second-order valence-electron chi connectivity index (χ2n) is 5.53. The highest BCUT2D eigenvalue weighted by atomic mass is 35.5. The molecule has 31 heavy (non-hydrogen) atoms. The van der Waals surface area contributed by atoms with Gasteiger partial charge in [0.05, 0.1) is 22.6 Å². The Bertz CT molecular complexity index is 1000. The van der Waals surface area contributed by atoms with E-state index in [4.69, 9.17) is 16.3 Å². The van der Waals surface area contributed by atoms with Gasteiger partial charge in [0.2, 0.25) is 0 Å². The fraction of sp³-hybridized carbons (Fsp3) is 0.176. The smallest absolute Gasteiger partial charge is 0.416 e. The number of nitrogens with zero attached hydrogens (tertiary/aromatic N) is 1. The van der Waals surface area contributed by atoms with Crippen molar-refractivity contribution in [2.24, 2.45) is 0 Å². The normalized spacial score (nSPS) is 11.0. The number of hydrogen-bond donors (Lipinski definition) is 1. The quantitative estimate of drug-likeness (QED) is 0.204. The number of ether oxygens (including phenoxy) is 2. The second-order valence-corrected chi connectivity index (χ2v) is 5.94. The molecule has 0 spiro atoms. The van der Waals surface area contributed by atoms with Crippen LogP contribution in [-0.2, 0) is 25.6 Å². The number of methoxy groups -OCH3 is 1. The van der Waals surface area contributed by atoms with Gasteiger partial charge in [0.25, 0.3) is 5.69 Å². The number of alkyl halides is 3. The topological polar surface area (TPSA) is 126 Å². The number of nitrogens with one attached hydrogen (secondary N) is 1. The monoisotopic (exact) mass is 464 g/mol. The predicted octanol–water partition coefficient (Wildman–Crippen LogP) is 3.83. The van der Waals surface area contributed by atoms with Crippen LogP contribution in [0.3, 0.4) is 0 Å². The van der Waals surface area contributed by atoms with Gasteiger partial charge in [-0.2, -0.15) is 13.2 Å². The third kappa shape index (κ3) is 6.53. The molecule has 2 aromatic rings. The number of benzene rings is 2. The third-order valence-electron chi connectivity index (χ3n) is 3.49. The van der Waals surface area contributed by atoms with Gasteiger partial charge in [0.15, 0.2) is 0 Å². The Morgan fingerprint density at radius 2 is 1.90 bits per heavy atom. The molecule has 0 saturated heterocycles. The lowest BCUT2D eigenvalue weighted by molar-refractivity contribution is -0.385. The van der Waals surface area contributed by atoms with Gasteiger partial charge in [-0.1, -0.05) is 16.6 Å². The van der Waals surface area contributed by atoms with E-state index in [0.717, 1.165) is 37.4 Å². The van der Waals surface area contributed by atoms with Crippen LogP contribution in [0.15, 0.2) is 36.4 Å². The highest BCUT2D eigenvalue weighted by Gasteiger charge is 2.31. The van der Waals surface area contributed by atoms with Crippen LogP contribution in [0.1, 0.15) is 15.9 Å². The van der Waals surface area contributed by atoms with Crippen molar-refractivity contribution in [1.82, 2.24) is 5.48 Å². The van der Waals surface area contributed by atoms with Crippen molar-refractivity contribution < 1.29 is 47.0 Å². The van der Waals surface area contributed by atoms with Crippen molar-refractivity contribution in [3.63, 3.8) is 0 Å². The van der Waals surface area contributed by atoms with Gasteiger partial charge >= 0.3 is 18.1 Å². The van der Waals surface area contributed by atoms with E-state index in [0.29, 0.717) is 6.07 Å². The molecule has 0 saturated carbocycles. The predicted molar refractivity (Wildman–Crippen MR) is 96.1 cm³/mol. The Morgan fingerprint density at radius 1 is 1.19 bits per heavy atom. The first-order chi connectivity index (χ1) is 14.5. The molecule has 2 aromatic carbocycles. The second kappa shape index (κ2) is 10.1. The Kier molecular flexibility index (Phi) is 7.74. The number of nitro groups is 1. The molecule has 0 aliphatic carbocycles. The number of hydrogen-bond acceptors (Lipinski definition) is 9. The average Bonchev–Trinajstić information content (AvgIpc) is 2.71. The average molecular weight is 465 g/mol. The molecule has 166 valence electrons. The van der Waals surface area contributed by atoms with Crippen LogP contribution >= 0.6 is 11.6 Å². The molecule has 0 aliphatic heterocycles. The van der Waals surface area contributed by atoms with Crippen molar-refractivity contribution >= 4 is 29.2 Å². The largest absolute Gasteiger partial charge is 0.468 e. The Morgan fingerprint density at radius 3 is 2.48 bits per heavy atom. The fourth-order valence-corrected chi connectivity index (χ4v) is 2.28. The number of esters is 1. The lowest BCUT2D eigenvalue weighted by atomic mass is 10.1. The zero-order chi connectivity index (χ0) is 23.2. The summed E-state index contributed by atoms with van der Waals surface area (Å²) >= 11 is 5.80. The maximum absolute atomic E-state index is 12.7. The maximum atomic E-state index is 12.7. The standard InChI is InChI=1S/C17H12ClF3N2O8/c1-28-15(24)8-22-31-30-16(25)11-7-10(3-4-13(11)23(26)27)29-14-5-2-9(6-12(14)18)17(19,20)21/h2-7,22H,8H2,1H3. The minimum absolute atomic E-state index is 0.165. The summed E-state index contributed by atoms with van der Waals surface area (Å²) < 4.78 is 47.8. The summed E-state index contributed by atoms with van der Waals surface area (Å²) in [5.74, 6) is -2.43. The number of hydroxylamine groups is 1. The van der Waals surface area contributed by atoms with Crippen LogP contribution in [0.4, 0.5) is 18.9 Å². The maximum Gasteiger partial charge on any atom is 0.416 e. The van der Waals surface area contributed by atoms with Crippen molar-refractivity contribution in [3.8, 4) is 11.5 Å². The zero-order valence-electron chi connectivity index (χ0n) is 15.4. The van der Waals surface area contributed by atoms with Crippen LogP contribution in [0.5, 0.6) is 11.5 Å². The number of halogens is 4.